The van der Waals surface area contributed by atoms with Gasteiger partial charge in [0.15, 0.2) is 0 Å². The minimum atomic E-state index is 0.812. The van der Waals surface area contributed by atoms with Crippen molar-refractivity contribution in [2.45, 2.75) is 19.3 Å². The molecule has 0 amide bonds. The molecule has 0 aromatic heterocycles. The summed E-state index contributed by atoms with van der Waals surface area (Å²) >= 11 is 0. The number of fused-ring (bicyclic) bond motifs is 1. The van der Waals surface area contributed by atoms with Crippen LogP contribution in [0.25, 0.3) is 0 Å². The zero-order valence-corrected chi connectivity index (χ0v) is 6.83. The molecule has 0 saturated heterocycles. The van der Waals surface area contributed by atoms with E-state index in [0.29, 0.717) is 0 Å². The summed E-state index contributed by atoms with van der Waals surface area (Å²) in [7, 11) is 0. The largest absolute Gasteiger partial charge is 0.411 e. The van der Waals surface area contributed by atoms with Gasteiger partial charge in [0.2, 0.25) is 0 Å². The molecule has 1 aliphatic carbocycles. The first-order valence-corrected chi connectivity index (χ1v) is 4.17. The number of oxime groups is 1. The van der Waals surface area contributed by atoms with E-state index in [0.717, 1.165) is 25.0 Å². The van der Waals surface area contributed by atoms with Crippen molar-refractivity contribution in [3.05, 3.63) is 35.4 Å². The van der Waals surface area contributed by atoms with E-state index in [1.54, 1.807) is 0 Å². The Morgan fingerprint density at radius 3 is 2.58 bits per heavy atom. The van der Waals surface area contributed by atoms with Crippen LogP contribution in [0.5, 0.6) is 0 Å². The fraction of sp³-hybridized carbons (Fsp3) is 0.300. The van der Waals surface area contributed by atoms with Crippen molar-refractivity contribution in [1.82, 2.24) is 0 Å². The van der Waals surface area contributed by atoms with Crippen molar-refractivity contribution in [3.63, 3.8) is 0 Å². The summed E-state index contributed by atoms with van der Waals surface area (Å²) in [5.41, 5.74) is 3.59. The van der Waals surface area contributed by atoms with E-state index in [9.17, 15) is 0 Å². The van der Waals surface area contributed by atoms with Crippen LogP contribution in [0.4, 0.5) is 0 Å². The van der Waals surface area contributed by atoms with E-state index in [-0.39, 0.29) is 0 Å². The van der Waals surface area contributed by atoms with Gasteiger partial charge in [0.05, 0.1) is 5.71 Å². The fourth-order valence-corrected chi connectivity index (χ4v) is 1.65. The molecule has 0 aliphatic heterocycles. The first kappa shape index (κ1) is 7.35. The summed E-state index contributed by atoms with van der Waals surface area (Å²) in [5, 5.41) is 11.9. The molecule has 0 radical (unpaired) electrons. The molecule has 0 spiro atoms. The molecule has 0 atom stereocenters. The third-order valence-corrected chi connectivity index (χ3v) is 2.34. The van der Waals surface area contributed by atoms with Crippen molar-refractivity contribution >= 4 is 5.71 Å². The summed E-state index contributed by atoms with van der Waals surface area (Å²) < 4.78 is 0. The van der Waals surface area contributed by atoms with Gasteiger partial charge in [-0.3, -0.25) is 0 Å². The lowest BCUT2D eigenvalue weighted by Gasteiger charge is -2.15. The van der Waals surface area contributed by atoms with Gasteiger partial charge in [-0.15, -0.1) is 0 Å². The maximum atomic E-state index is 8.60. The number of aryl methyl sites for hydroxylation is 1. The molecule has 1 aromatic carbocycles. The maximum absolute atomic E-state index is 8.60. The van der Waals surface area contributed by atoms with Crippen molar-refractivity contribution in [1.29, 1.82) is 0 Å². The minimum absolute atomic E-state index is 0.812. The number of nitrogens with zero attached hydrogens (tertiary/aromatic N) is 1. The van der Waals surface area contributed by atoms with Crippen LogP contribution in [-0.4, -0.2) is 10.9 Å². The minimum Gasteiger partial charge on any atom is -0.411 e. The number of rotatable bonds is 0. The van der Waals surface area contributed by atoms with E-state index >= 15 is 0 Å². The number of benzene rings is 1. The van der Waals surface area contributed by atoms with Gasteiger partial charge < -0.3 is 5.21 Å². The summed E-state index contributed by atoms with van der Waals surface area (Å²) in [6, 6.07) is 8.32. The molecule has 1 aliphatic rings. The highest BCUT2D eigenvalue weighted by atomic mass is 16.4. The molecule has 1 aromatic rings. The fourth-order valence-electron chi connectivity index (χ4n) is 1.65. The monoisotopic (exact) mass is 161 g/mol. The molecule has 0 unspecified atom stereocenters. The SMILES string of the molecule is O/N=C1\CCc2ccccc2C1. The Bertz CT molecular complexity index is 317. The van der Waals surface area contributed by atoms with Gasteiger partial charge in [0, 0.05) is 6.42 Å². The molecule has 0 saturated carbocycles. The van der Waals surface area contributed by atoms with Crippen molar-refractivity contribution in [2.24, 2.45) is 5.16 Å². The van der Waals surface area contributed by atoms with Crippen LogP contribution in [0.15, 0.2) is 29.4 Å². The summed E-state index contributed by atoms with van der Waals surface area (Å²) in [4.78, 5) is 0. The van der Waals surface area contributed by atoms with E-state index in [1.807, 2.05) is 6.07 Å². The highest BCUT2D eigenvalue weighted by Crippen LogP contribution is 2.18. The second kappa shape index (κ2) is 2.97. The topological polar surface area (TPSA) is 32.6 Å². The van der Waals surface area contributed by atoms with Gasteiger partial charge in [-0.05, 0) is 24.0 Å². The lowest BCUT2D eigenvalue weighted by molar-refractivity contribution is 0.316. The van der Waals surface area contributed by atoms with Crippen LogP contribution in [-0.2, 0) is 12.8 Å². The van der Waals surface area contributed by atoms with E-state index in [1.165, 1.54) is 11.1 Å². The maximum Gasteiger partial charge on any atom is 0.0617 e. The van der Waals surface area contributed by atoms with E-state index < -0.39 is 0 Å². The molecular formula is C10H11NO. The van der Waals surface area contributed by atoms with Gasteiger partial charge in [0.25, 0.3) is 0 Å². The van der Waals surface area contributed by atoms with Crippen LogP contribution >= 0.6 is 0 Å². The van der Waals surface area contributed by atoms with Crippen molar-refractivity contribution in [3.8, 4) is 0 Å². The van der Waals surface area contributed by atoms with Gasteiger partial charge in [0.1, 0.15) is 0 Å². The van der Waals surface area contributed by atoms with Crippen LogP contribution in [0.3, 0.4) is 0 Å². The second-order valence-electron chi connectivity index (χ2n) is 3.11. The average molecular weight is 161 g/mol. The van der Waals surface area contributed by atoms with Gasteiger partial charge in [-0.2, -0.15) is 0 Å². The number of hydrogen-bond donors (Lipinski definition) is 1. The smallest absolute Gasteiger partial charge is 0.0617 e. The Morgan fingerprint density at radius 2 is 1.83 bits per heavy atom. The first-order valence-electron chi connectivity index (χ1n) is 4.17. The third kappa shape index (κ3) is 1.20. The van der Waals surface area contributed by atoms with Crippen molar-refractivity contribution < 1.29 is 5.21 Å². The van der Waals surface area contributed by atoms with Crippen LogP contribution in [0.1, 0.15) is 17.5 Å². The van der Waals surface area contributed by atoms with E-state index in [2.05, 4.69) is 23.4 Å². The molecule has 2 rings (SSSR count). The molecule has 1 N–H and O–H groups in total. The van der Waals surface area contributed by atoms with Gasteiger partial charge >= 0.3 is 0 Å². The second-order valence-corrected chi connectivity index (χ2v) is 3.11. The predicted octanol–water partition coefficient (Wildman–Crippen LogP) is 2.01. The molecule has 12 heavy (non-hydrogen) atoms. The lowest BCUT2D eigenvalue weighted by Crippen LogP contribution is -2.13. The highest BCUT2D eigenvalue weighted by molar-refractivity contribution is 5.87. The summed E-state index contributed by atoms with van der Waals surface area (Å²) in [6.45, 7) is 0. The Hall–Kier alpha value is -1.31. The molecule has 2 nitrogen and oxygen atoms in total. The van der Waals surface area contributed by atoms with Gasteiger partial charge in [-0.25, -0.2) is 0 Å². The Kier molecular flexibility index (Phi) is 1.82. The first-order chi connectivity index (χ1) is 5.90. The molecule has 62 valence electrons. The predicted molar refractivity (Wildman–Crippen MR) is 47.7 cm³/mol. The molecule has 2 heteroatoms. The standard InChI is InChI=1S/C10H11NO/c12-11-10-6-5-8-3-1-2-4-9(8)7-10/h1-4,12H,5-7H2/b11-10+. The zero-order valence-electron chi connectivity index (χ0n) is 6.83. The quantitative estimate of drug-likeness (QED) is 0.458. The van der Waals surface area contributed by atoms with Crippen LogP contribution in [0.2, 0.25) is 0 Å². The molecular weight excluding hydrogens is 150 g/mol. The molecule has 0 fully saturated rings. The summed E-state index contributed by atoms with van der Waals surface area (Å²) in [5.74, 6) is 0. The third-order valence-electron chi connectivity index (χ3n) is 2.34. The van der Waals surface area contributed by atoms with Crippen LogP contribution in [0, 0.1) is 0 Å². The normalized spacial score (nSPS) is 19.2. The van der Waals surface area contributed by atoms with E-state index in [4.69, 9.17) is 5.21 Å². The Balaban J connectivity index is 2.35. The van der Waals surface area contributed by atoms with Crippen molar-refractivity contribution in [2.75, 3.05) is 0 Å². The highest BCUT2D eigenvalue weighted by Gasteiger charge is 2.12. The Labute approximate surface area is 71.5 Å². The zero-order chi connectivity index (χ0) is 8.39. The summed E-state index contributed by atoms with van der Waals surface area (Å²) in [6.07, 6.45) is 2.72. The lowest BCUT2D eigenvalue weighted by atomic mass is 9.91. The molecule has 0 heterocycles. The number of hydrogen-bond acceptors (Lipinski definition) is 2. The van der Waals surface area contributed by atoms with Crippen LogP contribution < -0.4 is 0 Å². The van der Waals surface area contributed by atoms with Gasteiger partial charge in [-0.1, -0.05) is 29.4 Å². The molecule has 0 bridgehead atoms. The average Bonchev–Trinajstić information content (AvgIpc) is 2.17. The Morgan fingerprint density at radius 1 is 1.08 bits per heavy atom.